The number of nitrogens with two attached hydrogens (primary N) is 2. The highest BCUT2D eigenvalue weighted by atomic mass is 32.1. The Balaban J connectivity index is 1.80. The molecule has 9 heteroatoms. The van der Waals surface area contributed by atoms with E-state index in [9.17, 15) is 9.59 Å². The summed E-state index contributed by atoms with van der Waals surface area (Å²) in [4.78, 5) is 26.6. The number of aromatic nitrogens is 2. The standard InChI is InChI=1S/C21H23N5O3S/c1-4-16(27)25-6-5-13(10-25)26-20(22)17(21(23)28)18(24-26)15-9-12-7-11(2)8-14(29-3)19(12)30-15/h4,7-9,13H,1,5-6,10,22H2,2-3H3,(H2,23,28)/t13-/m0/s1. The number of rotatable bonds is 5. The minimum atomic E-state index is -0.633. The van der Waals surface area contributed by atoms with E-state index in [0.29, 0.717) is 25.2 Å². The van der Waals surface area contributed by atoms with Crippen molar-refractivity contribution in [3.8, 4) is 16.3 Å². The Hall–Kier alpha value is -3.33. The van der Waals surface area contributed by atoms with Gasteiger partial charge in [0.15, 0.2) is 0 Å². The highest BCUT2D eigenvalue weighted by molar-refractivity contribution is 7.22. The molecule has 0 spiro atoms. The summed E-state index contributed by atoms with van der Waals surface area (Å²) in [6, 6.07) is 5.86. The van der Waals surface area contributed by atoms with Gasteiger partial charge in [-0.2, -0.15) is 5.10 Å². The summed E-state index contributed by atoms with van der Waals surface area (Å²) in [5.41, 5.74) is 13.7. The number of hydrogen-bond donors (Lipinski definition) is 2. The number of primary amides is 1. The zero-order valence-electron chi connectivity index (χ0n) is 16.8. The summed E-state index contributed by atoms with van der Waals surface area (Å²) in [5, 5.41) is 5.67. The van der Waals surface area contributed by atoms with Crippen LogP contribution in [0.4, 0.5) is 5.82 Å². The molecule has 156 valence electrons. The number of amides is 2. The maximum Gasteiger partial charge on any atom is 0.254 e. The zero-order valence-corrected chi connectivity index (χ0v) is 17.7. The van der Waals surface area contributed by atoms with Crippen molar-refractivity contribution >= 4 is 39.1 Å². The number of nitrogens with zero attached hydrogens (tertiary/aromatic N) is 3. The predicted octanol–water partition coefficient (Wildman–Crippen LogP) is 2.72. The van der Waals surface area contributed by atoms with Crippen molar-refractivity contribution in [2.45, 2.75) is 19.4 Å². The van der Waals surface area contributed by atoms with E-state index in [0.717, 1.165) is 26.3 Å². The van der Waals surface area contributed by atoms with Crippen LogP contribution in [0.2, 0.25) is 0 Å². The third kappa shape index (κ3) is 3.21. The summed E-state index contributed by atoms with van der Waals surface area (Å²) >= 11 is 1.47. The molecule has 30 heavy (non-hydrogen) atoms. The molecule has 0 bridgehead atoms. The molecule has 1 aliphatic rings. The van der Waals surface area contributed by atoms with Crippen LogP contribution in [0, 0.1) is 6.92 Å². The number of carbonyl (C=O) groups excluding carboxylic acids is 2. The van der Waals surface area contributed by atoms with Crippen molar-refractivity contribution in [2.24, 2.45) is 5.73 Å². The predicted molar refractivity (Wildman–Crippen MR) is 118 cm³/mol. The first kappa shape index (κ1) is 20.0. The van der Waals surface area contributed by atoms with E-state index in [-0.39, 0.29) is 23.3 Å². The number of aryl methyl sites for hydroxylation is 1. The molecule has 2 amide bonds. The van der Waals surface area contributed by atoms with E-state index < -0.39 is 5.91 Å². The molecule has 3 aromatic rings. The van der Waals surface area contributed by atoms with E-state index in [1.807, 2.05) is 19.1 Å². The van der Waals surface area contributed by atoms with Crippen molar-refractivity contribution in [3.05, 3.63) is 42.0 Å². The van der Waals surface area contributed by atoms with Gasteiger partial charge in [-0.05, 0) is 42.5 Å². The fraction of sp³-hybridized carbons (Fsp3) is 0.286. The fourth-order valence-corrected chi connectivity index (χ4v) is 5.07. The Morgan fingerprint density at radius 1 is 1.37 bits per heavy atom. The van der Waals surface area contributed by atoms with Gasteiger partial charge >= 0.3 is 0 Å². The van der Waals surface area contributed by atoms with Crippen LogP contribution in [0.15, 0.2) is 30.9 Å². The lowest BCUT2D eigenvalue weighted by atomic mass is 10.1. The summed E-state index contributed by atoms with van der Waals surface area (Å²) in [7, 11) is 1.63. The molecule has 0 saturated carbocycles. The number of methoxy groups -OCH3 is 1. The second kappa shape index (κ2) is 7.49. The number of hydrogen-bond acceptors (Lipinski definition) is 6. The Morgan fingerprint density at radius 2 is 2.13 bits per heavy atom. The molecule has 0 radical (unpaired) electrons. The number of anilines is 1. The number of thiophene rings is 1. The number of likely N-dealkylation sites (tertiary alicyclic amines) is 1. The van der Waals surface area contributed by atoms with Crippen LogP contribution in [0.3, 0.4) is 0 Å². The smallest absolute Gasteiger partial charge is 0.254 e. The van der Waals surface area contributed by atoms with Gasteiger partial charge in [0.2, 0.25) is 5.91 Å². The van der Waals surface area contributed by atoms with Gasteiger partial charge in [-0.15, -0.1) is 11.3 Å². The molecule has 0 unspecified atom stereocenters. The maximum absolute atomic E-state index is 12.2. The molecular formula is C21H23N5O3S. The first-order valence-corrected chi connectivity index (χ1v) is 10.3. The van der Waals surface area contributed by atoms with Crippen LogP contribution in [-0.2, 0) is 4.79 Å². The molecule has 4 N–H and O–H groups in total. The van der Waals surface area contributed by atoms with Gasteiger partial charge in [-0.25, -0.2) is 4.68 Å². The first-order valence-electron chi connectivity index (χ1n) is 9.51. The van der Waals surface area contributed by atoms with Gasteiger partial charge in [0.25, 0.3) is 5.91 Å². The average Bonchev–Trinajstić information content (AvgIpc) is 3.42. The highest BCUT2D eigenvalue weighted by Gasteiger charge is 2.31. The zero-order chi connectivity index (χ0) is 21.6. The Bertz CT molecular complexity index is 1180. The van der Waals surface area contributed by atoms with Crippen molar-refractivity contribution < 1.29 is 14.3 Å². The third-order valence-corrected chi connectivity index (χ3v) is 6.54. The van der Waals surface area contributed by atoms with Crippen LogP contribution in [0.25, 0.3) is 20.7 Å². The normalized spacial score (nSPS) is 16.2. The van der Waals surface area contributed by atoms with Crippen molar-refractivity contribution in [2.75, 3.05) is 25.9 Å². The molecule has 1 atom stereocenters. The molecule has 3 heterocycles. The minimum Gasteiger partial charge on any atom is -0.495 e. The van der Waals surface area contributed by atoms with E-state index in [1.54, 1.807) is 16.7 Å². The molecule has 1 saturated heterocycles. The molecule has 8 nitrogen and oxygen atoms in total. The lowest BCUT2D eigenvalue weighted by Crippen LogP contribution is -2.27. The van der Waals surface area contributed by atoms with Crippen LogP contribution >= 0.6 is 11.3 Å². The van der Waals surface area contributed by atoms with Crippen LogP contribution in [-0.4, -0.2) is 46.7 Å². The molecular weight excluding hydrogens is 402 g/mol. The largest absolute Gasteiger partial charge is 0.495 e. The van der Waals surface area contributed by atoms with Crippen molar-refractivity contribution in [3.63, 3.8) is 0 Å². The lowest BCUT2D eigenvalue weighted by Gasteiger charge is -2.15. The molecule has 4 rings (SSSR count). The van der Waals surface area contributed by atoms with Crippen LogP contribution in [0.1, 0.15) is 28.4 Å². The Kier molecular flexibility index (Phi) is 4.98. The van der Waals surface area contributed by atoms with E-state index in [1.165, 1.54) is 17.4 Å². The first-order chi connectivity index (χ1) is 14.3. The summed E-state index contributed by atoms with van der Waals surface area (Å²) in [6.07, 6.45) is 1.98. The van der Waals surface area contributed by atoms with Crippen LogP contribution < -0.4 is 16.2 Å². The maximum atomic E-state index is 12.2. The number of nitrogen functional groups attached to an aromatic ring is 1. The van der Waals surface area contributed by atoms with Gasteiger partial charge in [0.1, 0.15) is 22.8 Å². The fourth-order valence-electron chi connectivity index (χ4n) is 3.94. The average molecular weight is 426 g/mol. The summed E-state index contributed by atoms with van der Waals surface area (Å²) in [5.74, 6) is 0.219. The van der Waals surface area contributed by atoms with Gasteiger partial charge < -0.3 is 21.1 Å². The van der Waals surface area contributed by atoms with E-state index in [2.05, 4.69) is 17.7 Å². The molecule has 1 aromatic carbocycles. The number of benzene rings is 1. The Labute approximate surface area is 177 Å². The second-order valence-electron chi connectivity index (χ2n) is 7.34. The van der Waals surface area contributed by atoms with E-state index in [4.69, 9.17) is 16.2 Å². The van der Waals surface area contributed by atoms with Crippen LogP contribution in [0.5, 0.6) is 5.75 Å². The van der Waals surface area contributed by atoms with E-state index >= 15 is 0 Å². The number of ether oxygens (including phenoxy) is 1. The highest BCUT2D eigenvalue weighted by Crippen LogP contribution is 2.41. The van der Waals surface area contributed by atoms with Crippen molar-refractivity contribution in [1.82, 2.24) is 14.7 Å². The minimum absolute atomic E-state index is 0.132. The number of fused-ring (bicyclic) bond motifs is 1. The quantitative estimate of drug-likeness (QED) is 0.610. The molecule has 1 fully saturated rings. The monoisotopic (exact) mass is 425 g/mol. The molecule has 2 aromatic heterocycles. The second-order valence-corrected chi connectivity index (χ2v) is 8.40. The molecule has 0 aliphatic carbocycles. The third-order valence-electron chi connectivity index (χ3n) is 5.37. The lowest BCUT2D eigenvalue weighted by molar-refractivity contribution is -0.125. The van der Waals surface area contributed by atoms with Gasteiger partial charge in [-0.1, -0.05) is 12.6 Å². The van der Waals surface area contributed by atoms with Gasteiger partial charge in [0, 0.05) is 13.1 Å². The van der Waals surface area contributed by atoms with Gasteiger partial charge in [0.05, 0.1) is 22.7 Å². The topological polar surface area (TPSA) is 116 Å². The molecule has 1 aliphatic heterocycles. The summed E-state index contributed by atoms with van der Waals surface area (Å²) < 4.78 is 8.10. The van der Waals surface area contributed by atoms with Crippen molar-refractivity contribution in [1.29, 1.82) is 0 Å². The van der Waals surface area contributed by atoms with Gasteiger partial charge in [-0.3, -0.25) is 9.59 Å². The Morgan fingerprint density at radius 3 is 2.80 bits per heavy atom. The number of carbonyl (C=O) groups is 2. The SMILES string of the molecule is C=CC(=O)N1CC[C@H](n2nc(-c3cc4cc(C)cc(OC)c4s3)c(C(N)=O)c2N)C1. The summed E-state index contributed by atoms with van der Waals surface area (Å²) in [6.45, 7) is 6.56.